The van der Waals surface area contributed by atoms with Crippen molar-refractivity contribution in [1.82, 2.24) is 25.0 Å². The van der Waals surface area contributed by atoms with Crippen LogP contribution in [-0.4, -0.2) is 38.8 Å². The number of nitrogens with one attached hydrogen (secondary N) is 1. The number of carbonyl (C=O) groups excluding carboxylic acids is 1. The molecule has 2 aliphatic heterocycles. The van der Waals surface area contributed by atoms with Gasteiger partial charge in [0.05, 0.1) is 17.3 Å². The lowest BCUT2D eigenvalue weighted by molar-refractivity contribution is -0.137. The molecule has 1 fully saturated rings. The largest absolute Gasteiger partial charge is 0.419 e. The number of benzene rings is 1. The van der Waals surface area contributed by atoms with Crippen molar-refractivity contribution < 1.29 is 18.0 Å². The summed E-state index contributed by atoms with van der Waals surface area (Å²) in [7, 11) is 0. The predicted molar refractivity (Wildman–Crippen MR) is 125 cm³/mol. The number of rotatable bonds is 4. The summed E-state index contributed by atoms with van der Waals surface area (Å²) in [6.07, 6.45) is -0.880. The average molecular weight is 485 g/mol. The van der Waals surface area contributed by atoms with Crippen molar-refractivity contribution in [2.24, 2.45) is 0 Å². The highest BCUT2D eigenvalue weighted by Crippen LogP contribution is 2.44. The third-order valence-corrected chi connectivity index (χ3v) is 7.19. The van der Waals surface area contributed by atoms with E-state index in [-0.39, 0.29) is 23.1 Å². The Balaban J connectivity index is 1.34. The molecule has 0 radical (unpaired) electrons. The van der Waals surface area contributed by atoms with Crippen molar-refractivity contribution in [1.29, 1.82) is 0 Å². The zero-order valence-electron chi connectivity index (χ0n) is 19.3. The van der Waals surface area contributed by atoms with Crippen molar-refractivity contribution in [3.05, 3.63) is 65.5 Å². The molecule has 1 unspecified atom stereocenters. The Morgan fingerprint density at radius 3 is 2.66 bits per heavy atom. The van der Waals surface area contributed by atoms with E-state index in [2.05, 4.69) is 15.4 Å². The van der Waals surface area contributed by atoms with Crippen molar-refractivity contribution in [3.63, 3.8) is 0 Å². The zero-order chi connectivity index (χ0) is 24.8. The van der Waals surface area contributed by atoms with Crippen molar-refractivity contribution in [2.75, 3.05) is 18.8 Å². The quantitative estimate of drug-likeness (QED) is 0.559. The van der Waals surface area contributed by atoms with E-state index in [1.54, 1.807) is 0 Å². The predicted octanol–water partition coefficient (Wildman–Crippen LogP) is 4.75. The zero-order valence-corrected chi connectivity index (χ0v) is 19.3. The third kappa shape index (κ3) is 4.21. The number of halogens is 3. The van der Waals surface area contributed by atoms with Crippen LogP contribution in [0.25, 0.3) is 11.3 Å². The van der Waals surface area contributed by atoms with E-state index in [0.717, 1.165) is 36.6 Å². The first kappa shape index (κ1) is 23.2. The number of hydrogen-bond acceptors (Lipinski definition) is 4. The number of likely N-dealkylation sites (tertiary alicyclic amines) is 1. The lowest BCUT2D eigenvalue weighted by atomic mass is 9.82. The van der Waals surface area contributed by atoms with Gasteiger partial charge in [0.15, 0.2) is 0 Å². The second-order valence-electron chi connectivity index (χ2n) is 9.32. The molecular weight excluding hydrogens is 457 g/mol. The Kier molecular flexibility index (Phi) is 5.69. The Morgan fingerprint density at radius 1 is 1.20 bits per heavy atom. The molecule has 1 saturated heterocycles. The maximum atomic E-state index is 13.3. The normalized spacial score (nSPS) is 20.3. The molecule has 2 amide bonds. The van der Waals surface area contributed by atoms with Crippen LogP contribution in [0.3, 0.4) is 0 Å². The van der Waals surface area contributed by atoms with E-state index in [4.69, 9.17) is 5.73 Å². The molecule has 2 aromatic heterocycles. The minimum atomic E-state index is -4.59. The monoisotopic (exact) mass is 484 g/mol. The minimum absolute atomic E-state index is 0.0678. The minimum Gasteiger partial charge on any atom is -0.383 e. The van der Waals surface area contributed by atoms with E-state index in [0.29, 0.717) is 25.3 Å². The van der Waals surface area contributed by atoms with Crippen molar-refractivity contribution in [3.8, 4) is 11.3 Å². The molecule has 3 aromatic rings. The third-order valence-electron chi connectivity index (χ3n) is 7.19. The number of hydrogen-bond donors (Lipinski definition) is 2. The lowest BCUT2D eigenvalue weighted by Crippen LogP contribution is -2.41. The van der Waals surface area contributed by atoms with Crippen molar-refractivity contribution >= 4 is 11.8 Å². The van der Waals surface area contributed by atoms with Gasteiger partial charge in [0.25, 0.3) is 0 Å². The molecule has 35 heavy (non-hydrogen) atoms. The van der Waals surface area contributed by atoms with Crippen LogP contribution in [-0.2, 0) is 18.1 Å². The van der Waals surface area contributed by atoms with Gasteiger partial charge in [-0.15, -0.1) is 0 Å². The molecule has 2 aliphatic rings. The first-order chi connectivity index (χ1) is 16.7. The number of aromatic nitrogens is 3. The Bertz CT molecular complexity index is 1240. The number of anilines is 1. The van der Waals surface area contributed by atoms with Gasteiger partial charge in [0.2, 0.25) is 0 Å². The summed E-state index contributed by atoms with van der Waals surface area (Å²) in [4.78, 5) is 18.7. The van der Waals surface area contributed by atoms with Crippen LogP contribution < -0.4 is 11.1 Å². The fourth-order valence-corrected chi connectivity index (χ4v) is 5.25. The average Bonchev–Trinajstić information content (AvgIpc) is 3.54. The van der Waals surface area contributed by atoms with Crippen LogP contribution in [0.2, 0.25) is 0 Å². The second kappa shape index (κ2) is 8.58. The summed E-state index contributed by atoms with van der Waals surface area (Å²) in [5.74, 6) is -0.553. The highest BCUT2D eigenvalue weighted by Gasteiger charge is 2.47. The standard InChI is InChI=1S/C25H27F3N6O/c1-2-19(16-6-4-3-5-7-16)31-23(35)33-10-8-24(15-33)9-11-34-21(24)13-20(32-34)17-12-18(25(26,27)28)22(29)30-14-17/h3-7,12-14,19H,2,8-11,15H2,1H3,(H2,29,30)(H,31,35)/t19-,24?/m1/s1. The molecule has 3 N–H and O–H groups in total. The Morgan fingerprint density at radius 2 is 1.94 bits per heavy atom. The van der Waals surface area contributed by atoms with Crippen LogP contribution in [0.4, 0.5) is 23.8 Å². The van der Waals surface area contributed by atoms with Crippen LogP contribution in [0.1, 0.15) is 49.0 Å². The molecule has 0 bridgehead atoms. The maximum Gasteiger partial charge on any atom is 0.419 e. The van der Waals surface area contributed by atoms with Gasteiger partial charge >= 0.3 is 12.2 Å². The molecule has 7 nitrogen and oxygen atoms in total. The molecule has 1 aromatic carbocycles. The molecule has 184 valence electrons. The first-order valence-corrected chi connectivity index (χ1v) is 11.7. The number of nitrogen functional groups attached to an aromatic ring is 1. The number of amides is 2. The summed E-state index contributed by atoms with van der Waals surface area (Å²) in [5, 5.41) is 7.70. The molecule has 2 atom stereocenters. The van der Waals surface area contributed by atoms with Gasteiger partial charge in [0, 0.05) is 42.5 Å². The molecule has 10 heteroatoms. The van der Waals surface area contributed by atoms with E-state index < -0.39 is 17.6 Å². The highest BCUT2D eigenvalue weighted by molar-refractivity contribution is 5.75. The molecule has 0 saturated carbocycles. The van der Waals surface area contributed by atoms with Gasteiger partial charge in [-0.2, -0.15) is 18.3 Å². The van der Waals surface area contributed by atoms with Crippen LogP contribution in [0, 0.1) is 0 Å². The molecule has 5 rings (SSSR count). The van der Waals surface area contributed by atoms with E-state index in [9.17, 15) is 18.0 Å². The molecular formula is C25H27F3N6O. The van der Waals surface area contributed by atoms with Crippen LogP contribution >= 0.6 is 0 Å². The van der Waals surface area contributed by atoms with E-state index >= 15 is 0 Å². The summed E-state index contributed by atoms with van der Waals surface area (Å²) in [6.45, 7) is 3.85. The fraction of sp³-hybridized carbons (Fsp3) is 0.400. The Labute approximate surface area is 201 Å². The number of carbonyl (C=O) groups is 1. The van der Waals surface area contributed by atoms with Gasteiger partial charge < -0.3 is 16.0 Å². The van der Waals surface area contributed by atoms with Crippen LogP contribution in [0.15, 0.2) is 48.7 Å². The number of urea groups is 1. The smallest absolute Gasteiger partial charge is 0.383 e. The number of fused-ring (bicyclic) bond motifs is 2. The Hall–Kier alpha value is -3.56. The second-order valence-corrected chi connectivity index (χ2v) is 9.32. The lowest BCUT2D eigenvalue weighted by Gasteiger charge is -2.25. The van der Waals surface area contributed by atoms with Gasteiger partial charge in [-0.1, -0.05) is 37.3 Å². The number of nitrogens with zero attached hydrogens (tertiary/aromatic N) is 4. The molecule has 1 spiro atoms. The van der Waals surface area contributed by atoms with Gasteiger partial charge in [-0.05, 0) is 37.0 Å². The number of nitrogens with two attached hydrogens (primary N) is 1. The topological polar surface area (TPSA) is 89.1 Å². The van der Waals surface area contributed by atoms with E-state index in [1.165, 1.54) is 6.20 Å². The fourth-order valence-electron chi connectivity index (χ4n) is 5.25. The van der Waals surface area contributed by atoms with Crippen molar-refractivity contribution in [2.45, 2.75) is 50.4 Å². The van der Waals surface area contributed by atoms with Gasteiger partial charge in [-0.25, -0.2) is 9.78 Å². The number of aryl methyl sites for hydroxylation is 1. The highest BCUT2D eigenvalue weighted by atomic mass is 19.4. The summed E-state index contributed by atoms with van der Waals surface area (Å²) in [5.41, 5.74) is 6.93. The number of pyridine rings is 1. The molecule has 4 heterocycles. The summed E-state index contributed by atoms with van der Waals surface area (Å²) in [6, 6.07) is 12.5. The molecule has 0 aliphatic carbocycles. The SMILES string of the molecule is CC[C@@H](NC(=O)N1CCC2(CCn3nc(-c4cnc(N)c(C(F)(F)F)c4)cc32)C1)c1ccccc1. The van der Waals surface area contributed by atoms with Gasteiger partial charge in [-0.3, -0.25) is 4.68 Å². The van der Waals surface area contributed by atoms with Gasteiger partial charge in [0.1, 0.15) is 5.82 Å². The first-order valence-electron chi connectivity index (χ1n) is 11.7. The van der Waals surface area contributed by atoms with E-state index in [1.807, 2.05) is 52.9 Å². The summed E-state index contributed by atoms with van der Waals surface area (Å²) < 4.78 is 41.7. The number of alkyl halides is 3. The maximum absolute atomic E-state index is 13.3. The van der Waals surface area contributed by atoms with Crippen LogP contribution in [0.5, 0.6) is 0 Å². The summed E-state index contributed by atoms with van der Waals surface area (Å²) >= 11 is 0.